The van der Waals surface area contributed by atoms with E-state index in [1.54, 1.807) is 12.1 Å². The molecule has 2 N–H and O–H groups in total. The summed E-state index contributed by atoms with van der Waals surface area (Å²) < 4.78 is 12.7. The fraction of sp³-hybridized carbons (Fsp3) is 0.300. The minimum absolute atomic E-state index is 0.0322. The Bertz CT molecular complexity index is 462. The zero-order chi connectivity index (χ0) is 11.5. The van der Waals surface area contributed by atoms with Crippen molar-refractivity contribution in [3.05, 3.63) is 30.1 Å². The molecule has 0 aliphatic rings. The normalized spacial score (nSPS) is 12.7. The molecular weight excluding hydrogens is 209 g/mol. The van der Waals surface area contributed by atoms with Crippen molar-refractivity contribution < 1.29 is 4.39 Å². The highest BCUT2D eigenvalue weighted by Crippen LogP contribution is 2.13. The third-order valence-corrected chi connectivity index (χ3v) is 2.01. The van der Waals surface area contributed by atoms with Gasteiger partial charge in [0.1, 0.15) is 5.82 Å². The molecule has 0 bridgehead atoms. The predicted molar refractivity (Wildman–Crippen MR) is 56.9 cm³/mol. The van der Waals surface area contributed by atoms with Crippen molar-refractivity contribution in [3.8, 4) is 11.4 Å². The Hall–Kier alpha value is -1.82. The first-order valence-corrected chi connectivity index (χ1v) is 4.94. The number of hydrogen-bond acceptors (Lipinski definition) is 4. The van der Waals surface area contributed by atoms with E-state index in [0.29, 0.717) is 12.4 Å². The first-order chi connectivity index (χ1) is 7.65. The molecule has 0 aliphatic heterocycles. The molecule has 5 nitrogen and oxygen atoms in total. The molecule has 0 fully saturated rings. The predicted octanol–water partition coefficient (Wildman–Crippen LogP) is 0.826. The summed E-state index contributed by atoms with van der Waals surface area (Å²) in [6, 6.07) is 5.92. The monoisotopic (exact) mass is 221 g/mol. The van der Waals surface area contributed by atoms with Crippen molar-refractivity contribution >= 4 is 0 Å². The summed E-state index contributed by atoms with van der Waals surface area (Å²) in [7, 11) is 0. The van der Waals surface area contributed by atoms with E-state index in [4.69, 9.17) is 5.73 Å². The van der Waals surface area contributed by atoms with Crippen LogP contribution in [0, 0.1) is 5.82 Å². The van der Waals surface area contributed by atoms with Gasteiger partial charge in [0.25, 0.3) is 0 Å². The van der Waals surface area contributed by atoms with Crippen LogP contribution in [0.5, 0.6) is 0 Å². The molecule has 2 aromatic rings. The van der Waals surface area contributed by atoms with Gasteiger partial charge in [0, 0.05) is 11.6 Å². The summed E-state index contributed by atoms with van der Waals surface area (Å²) >= 11 is 0. The van der Waals surface area contributed by atoms with Crippen LogP contribution in [0.3, 0.4) is 0 Å². The molecule has 1 aromatic carbocycles. The third-order valence-electron chi connectivity index (χ3n) is 2.01. The third kappa shape index (κ3) is 2.40. The summed E-state index contributed by atoms with van der Waals surface area (Å²) in [4.78, 5) is 1.43. The molecule has 1 aromatic heterocycles. The van der Waals surface area contributed by atoms with Gasteiger partial charge in [0.05, 0.1) is 6.54 Å². The second-order valence-electron chi connectivity index (χ2n) is 3.65. The van der Waals surface area contributed by atoms with E-state index < -0.39 is 0 Å². The fourth-order valence-corrected chi connectivity index (χ4v) is 1.29. The first kappa shape index (κ1) is 10.7. The number of aromatic nitrogens is 4. The van der Waals surface area contributed by atoms with Gasteiger partial charge in [-0.25, -0.2) is 4.39 Å². The molecule has 1 atom stereocenters. The standard InChI is InChI=1S/C10H12FN5/c1-7(12)6-16-14-10(13-15-16)8-2-4-9(11)5-3-8/h2-5,7H,6,12H2,1H3/t7-/m0/s1. The van der Waals surface area contributed by atoms with Crippen molar-refractivity contribution in [1.82, 2.24) is 20.2 Å². The second-order valence-corrected chi connectivity index (χ2v) is 3.65. The molecule has 0 unspecified atom stereocenters. The zero-order valence-corrected chi connectivity index (χ0v) is 8.84. The molecule has 0 aliphatic carbocycles. The molecule has 0 saturated heterocycles. The van der Waals surface area contributed by atoms with E-state index in [1.807, 2.05) is 6.92 Å². The van der Waals surface area contributed by atoms with Crippen LogP contribution in [-0.4, -0.2) is 26.2 Å². The van der Waals surface area contributed by atoms with Crippen molar-refractivity contribution in [2.24, 2.45) is 5.73 Å². The van der Waals surface area contributed by atoms with Gasteiger partial charge in [-0.15, -0.1) is 10.2 Å². The highest BCUT2D eigenvalue weighted by molar-refractivity contribution is 5.53. The van der Waals surface area contributed by atoms with Crippen LogP contribution in [0.25, 0.3) is 11.4 Å². The van der Waals surface area contributed by atoms with E-state index >= 15 is 0 Å². The van der Waals surface area contributed by atoms with Crippen LogP contribution in [-0.2, 0) is 6.54 Å². The summed E-state index contributed by atoms with van der Waals surface area (Å²) in [5, 5.41) is 11.9. The highest BCUT2D eigenvalue weighted by Gasteiger charge is 2.06. The molecule has 0 radical (unpaired) electrons. The minimum atomic E-state index is -0.285. The van der Waals surface area contributed by atoms with Crippen molar-refractivity contribution in [1.29, 1.82) is 0 Å². The average molecular weight is 221 g/mol. The summed E-state index contributed by atoms with van der Waals surface area (Å²) in [5.74, 6) is 0.187. The number of rotatable bonds is 3. The maximum Gasteiger partial charge on any atom is 0.204 e. The number of hydrogen-bond donors (Lipinski definition) is 1. The smallest absolute Gasteiger partial charge is 0.204 e. The Morgan fingerprint density at radius 3 is 2.69 bits per heavy atom. The molecule has 0 amide bonds. The van der Waals surface area contributed by atoms with Crippen LogP contribution < -0.4 is 5.73 Å². The lowest BCUT2D eigenvalue weighted by Gasteiger charge is -2.00. The maximum absolute atomic E-state index is 12.7. The largest absolute Gasteiger partial charge is 0.326 e. The summed E-state index contributed by atoms with van der Waals surface area (Å²) in [5.41, 5.74) is 6.35. The lowest BCUT2D eigenvalue weighted by atomic mass is 10.2. The van der Waals surface area contributed by atoms with Gasteiger partial charge in [0.2, 0.25) is 5.82 Å². The number of nitrogens with two attached hydrogens (primary N) is 1. The summed E-state index contributed by atoms with van der Waals surface area (Å²) in [6.07, 6.45) is 0. The second kappa shape index (κ2) is 4.36. The van der Waals surface area contributed by atoms with E-state index in [-0.39, 0.29) is 11.9 Å². The van der Waals surface area contributed by atoms with Crippen LogP contribution in [0.15, 0.2) is 24.3 Å². The highest BCUT2D eigenvalue weighted by atomic mass is 19.1. The van der Waals surface area contributed by atoms with E-state index in [0.717, 1.165) is 5.56 Å². The number of tetrazole rings is 1. The summed E-state index contributed by atoms with van der Waals surface area (Å²) in [6.45, 7) is 2.37. The molecular formula is C10H12FN5. The van der Waals surface area contributed by atoms with Crippen molar-refractivity contribution in [2.75, 3.05) is 0 Å². The Labute approximate surface area is 92.1 Å². The van der Waals surface area contributed by atoms with Crippen molar-refractivity contribution in [2.45, 2.75) is 19.5 Å². The average Bonchev–Trinajstić information content (AvgIpc) is 2.66. The first-order valence-electron chi connectivity index (χ1n) is 4.94. The lowest BCUT2D eigenvalue weighted by Crippen LogP contribution is -2.23. The molecule has 0 spiro atoms. The number of benzene rings is 1. The molecule has 0 saturated carbocycles. The zero-order valence-electron chi connectivity index (χ0n) is 8.84. The van der Waals surface area contributed by atoms with Gasteiger partial charge in [0.15, 0.2) is 0 Å². The molecule has 1 heterocycles. The van der Waals surface area contributed by atoms with Gasteiger partial charge in [-0.1, -0.05) is 0 Å². The van der Waals surface area contributed by atoms with Gasteiger partial charge < -0.3 is 5.73 Å². The van der Waals surface area contributed by atoms with Gasteiger partial charge >= 0.3 is 0 Å². The van der Waals surface area contributed by atoms with Crippen LogP contribution in [0.2, 0.25) is 0 Å². The van der Waals surface area contributed by atoms with Crippen molar-refractivity contribution in [3.63, 3.8) is 0 Å². The number of halogens is 1. The van der Waals surface area contributed by atoms with E-state index in [1.165, 1.54) is 16.9 Å². The van der Waals surface area contributed by atoms with Gasteiger partial charge in [-0.2, -0.15) is 4.80 Å². The lowest BCUT2D eigenvalue weighted by molar-refractivity contribution is 0.472. The van der Waals surface area contributed by atoms with Gasteiger partial charge in [-0.3, -0.25) is 0 Å². The Balaban J connectivity index is 2.21. The molecule has 16 heavy (non-hydrogen) atoms. The van der Waals surface area contributed by atoms with E-state index in [9.17, 15) is 4.39 Å². The van der Waals surface area contributed by atoms with Crippen LogP contribution in [0.1, 0.15) is 6.92 Å². The SMILES string of the molecule is C[C@H](N)Cn1nnc(-c2ccc(F)cc2)n1. The fourth-order valence-electron chi connectivity index (χ4n) is 1.29. The van der Waals surface area contributed by atoms with E-state index in [2.05, 4.69) is 15.4 Å². The Kier molecular flexibility index (Phi) is 2.91. The van der Waals surface area contributed by atoms with Gasteiger partial charge in [-0.05, 0) is 36.4 Å². The Morgan fingerprint density at radius 2 is 2.06 bits per heavy atom. The topological polar surface area (TPSA) is 69.6 Å². The molecule has 6 heteroatoms. The quantitative estimate of drug-likeness (QED) is 0.833. The molecule has 84 valence electrons. The minimum Gasteiger partial charge on any atom is -0.326 e. The Morgan fingerprint density at radius 1 is 1.38 bits per heavy atom. The molecule has 2 rings (SSSR count). The number of nitrogens with zero attached hydrogens (tertiary/aromatic N) is 4. The van der Waals surface area contributed by atoms with Crippen LogP contribution in [0.4, 0.5) is 4.39 Å². The van der Waals surface area contributed by atoms with Crippen LogP contribution >= 0.6 is 0 Å². The maximum atomic E-state index is 12.7.